The standard InChI is InChI=1S/C13H19NOS/c15-9-4-3-8-14-12-7-10-16-13-6-2-1-5-11(12)13/h1-2,5-6,12,14-15H,3-4,7-10H2. The lowest BCUT2D eigenvalue weighted by Crippen LogP contribution is -2.25. The molecule has 0 spiro atoms. The van der Waals surface area contributed by atoms with E-state index in [-0.39, 0.29) is 0 Å². The van der Waals surface area contributed by atoms with Gasteiger partial charge in [0, 0.05) is 17.5 Å². The van der Waals surface area contributed by atoms with E-state index in [9.17, 15) is 0 Å². The molecule has 0 saturated carbocycles. The minimum Gasteiger partial charge on any atom is -0.396 e. The SMILES string of the molecule is OCCCCNC1CCSc2ccccc21. The van der Waals surface area contributed by atoms with Gasteiger partial charge in [-0.3, -0.25) is 0 Å². The van der Waals surface area contributed by atoms with Crippen LogP contribution in [-0.4, -0.2) is 24.0 Å². The average Bonchev–Trinajstić information content (AvgIpc) is 2.35. The van der Waals surface area contributed by atoms with Crippen molar-refractivity contribution in [1.29, 1.82) is 0 Å². The van der Waals surface area contributed by atoms with Crippen molar-refractivity contribution >= 4 is 11.8 Å². The van der Waals surface area contributed by atoms with Crippen molar-refractivity contribution in [3.63, 3.8) is 0 Å². The van der Waals surface area contributed by atoms with E-state index < -0.39 is 0 Å². The molecular formula is C13H19NOS. The van der Waals surface area contributed by atoms with Crippen LogP contribution in [0, 0.1) is 0 Å². The van der Waals surface area contributed by atoms with E-state index in [0.29, 0.717) is 12.6 Å². The zero-order chi connectivity index (χ0) is 11.2. The Morgan fingerprint density at radius 3 is 3.06 bits per heavy atom. The molecule has 2 nitrogen and oxygen atoms in total. The Labute approximate surface area is 101 Å². The fraction of sp³-hybridized carbons (Fsp3) is 0.538. The van der Waals surface area contributed by atoms with E-state index in [1.54, 1.807) is 0 Å². The van der Waals surface area contributed by atoms with Gasteiger partial charge >= 0.3 is 0 Å². The van der Waals surface area contributed by atoms with E-state index >= 15 is 0 Å². The zero-order valence-corrected chi connectivity index (χ0v) is 10.3. The predicted octanol–water partition coefficient (Wildman–Crippen LogP) is 2.59. The van der Waals surface area contributed by atoms with Crippen LogP contribution < -0.4 is 5.32 Å². The molecule has 0 bridgehead atoms. The maximum absolute atomic E-state index is 8.73. The maximum Gasteiger partial charge on any atom is 0.0431 e. The number of hydrogen-bond donors (Lipinski definition) is 2. The zero-order valence-electron chi connectivity index (χ0n) is 9.48. The molecule has 0 radical (unpaired) electrons. The molecule has 1 aromatic rings. The van der Waals surface area contributed by atoms with Gasteiger partial charge in [0.25, 0.3) is 0 Å². The van der Waals surface area contributed by atoms with Gasteiger partial charge in [-0.1, -0.05) is 18.2 Å². The van der Waals surface area contributed by atoms with Crippen LogP contribution in [0.3, 0.4) is 0 Å². The molecule has 1 aliphatic rings. The molecule has 1 aliphatic heterocycles. The molecule has 1 aromatic carbocycles. The van der Waals surface area contributed by atoms with Crippen LogP contribution in [0.4, 0.5) is 0 Å². The monoisotopic (exact) mass is 237 g/mol. The lowest BCUT2D eigenvalue weighted by molar-refractivity contribution is 0.282. The summed E-state index contributed by atoms with van der Waals surface area (Å²) in [6, 6.07) is 9.18. The van der Waals surface area contributed by atoms with E-state index in [2.05, 4.69) is 29.6 Å². The topological polar surface area (TPSA) is 32.3 Å². The first-order valence-corrected chi connectivity index (χ1v) is 6.96. The van der Waals surface area contributed by atoms with Crippen molar-refractivity contribution in [1.82, 2.24) is 5.32 Å². The summed E-state index contributed by atoms with van der Waals surface area (Å²) < 4.78 is 0. The summed E-state index contributed by atoms with van der Waals surface area (Å²) in [5.74, 6) is 1.20. The van der Waals surface area contributed by atoms with Crippen molar-refractivity contribution in [3.8, 4) is 0 Å². The van der Waals surface area contributed by atoms with Gasteiger partial charge in [-0.05, 0) is 43.2 Å². The number of aliphatic hydroxyl groups excluding tert-OH is 1. The number of unbranched alkanes of at least 4 members (excludes halogenated alkanes) is 1. The Kier molecular flexibility index (Phi) is 4.69. The highest BCUT2D eigenvalue weighted by atomic mass is 32.2. The van der Waals surface area contributed by atoms with Crippen LogP contribution in [0.1, 0.15) is 30.9 Å². The van der Waals surface area contributed by atoms with Gasteiger partial charge in [-0.2, -0.15) is 0 Å². The largest absolute Gasteiger partial charge is 0.396 e. The Balaban J connectivity index is 1.91. The lowest BCUT2D eigenvalue weighted by atomic mass is 10.0. The van der Waals surface area contributed by atoms with Crippen molar-refractivity contribution in [2.45, 2.75) is 30.2 Å². The second-order valence-electron chi connectivity index (χ2n) is 4.11. The highest BCUT2D eigenvalue weighted by molar-refractivity contribution is 7.99. The fourth-order valence-electron chi connectivity index (χ4n) is 2.07. The van der Waals surface area contributed by atoms with E-state index in [1.807, 2.05) is 11.8 Å². The molecule has 1 heterocycles. The number of fused-ring (bicyclic) bond motifs is 1. The minimum atomic E-state index is 0.304. The summed E-state index contributed by atoms with van der Waals surface area (Å²) in [6.07, 6.45) is 3.17. The smallest absolute Gasteiger partial charge is 0.0431 e. The van der Waals surface area contributed by atoms with E-state index in [1.165, 1.54) is 22.6 Å². The molecule has 3 heteroatoms. The van der Waals surface area contributed by atoms with Gasteiger partial charge in [-0.15, -0.1) is 11.8 Å². The number of nitrogens with one attached hydrogen (secondary N) is 1. The van der Waals surface area contributed by atoms with Gasteiger partial charge < -0.3 is 10.4 Å². The quantitative estimate of drug-likeness (QED) is 0.772. The van der Waals surface area contributed by atoms with Crippen LogP contribution in [0.2, 0.25) is 0 Å². The molecule has 1 atom stereocenters. The first-order valence-electron chi connectivity index (χ1n) is 5.98. The molecule has 2 N–H and O–H groups in total. The first kappa shape index (κ1) is 12.0. The van der Waals surface area contributed by atoms with E-state index in [4.69, 9.17) is 5.11 Å². The van der Waals surface area contributed by atoms with Gasteiger partial charge in [-0.25, -0.2) is 0 Å². The van der Waals surface area contributed by atoms with Gasteiger partial charge in [0.1, 0.15) is 0 Å². The Morgan fingerprint density at radius 2 is 2.19 bits per heavy atom. The molecule has 0 aliphatic carbocycles. The highest BCUT2D eigenvalue weighted by Gasteiger charge is 2.18. The third-order valence-corrected chi connectivity index (χ3v) is 4.06. The number of benzene rings is 1. The summed E-state index contributed by atoms with van der Waals surface area (Å²) >= 11 is 1.96. The molecule has 88 valence electrons. The van der Waals surface area contributed by atoms with E-state index in [0.717, 1.165) is 19.4 Å². The molecule has 0 fully saturated rings. The molecule has 2 rings (SSSR count). The third-order valence-electron chi connectivity index (χ3n) is 2.93. The molecule has 16 heavy (non-hydrogen) atoms. The summed E-state index contributed by atoms with van der Waals surface area (Å²) in [4.78, 5) is 1.42. The highest BCUT2D eigenvalue weighted by Crippen LogP contribution is 2.35. The third kappa shape index (κ3) is 3.00. The number of aliphatic hydroxyl groups is 1. The molecule has 0 saturated heterocycles. The average molecular weight is 237 g/mol. The van der Waals surface area contributed by atoms with Gasteiger partial charge in [0.15, 0.2) is 0 Å². The normalized spacial score (nSPS) is 19.4. The number of hydrogen-bond acceptors (Lipinski definition) is 3. The predicted molar refractivity (Wildman–Crippen MR) is 68.8 cm³/mol. The number of rotatable bonds is 5. The summed E-state index contributed by atoms with van der Waals surface area (Å²) in [5.41, 5.74) is 1.45. The van der Waals surface area contributed by atoms with Crippen LogP contribution in [0.25, 0.3) is 0 Å². The Bertz CT molecular complexity index is 329. The second-order valence-corrected chi connectivity index (χ2v) is 5.25. The van der Waals surface area contributed by atoms with Crippen molar-refractivity contribution in [3.05, 3.63) is 29.8 Å². The summed E-state index contributed by atoms with van der Waals surface area (Å²) in [7, 11) is 0. The first-order chi connectivity index (χ1) is 7.92. The summed E-state index contributed by atoms with van der Waals surface area (Å²) in [5, 5.41) is 12.3. The Hall–Kier alpha value is -0.510. The van der Waals surface area contributed by atoms with Crippen LogP contribution in [-0.2, 0) is 0 Å². The second kappa shape index (κ2) is 6.28. The Morgan fingerprint density at radius 1 is 1.31 bits per heavy atom. The lowest BCUT2D eigenvalue weighted by Gasteiger charge is -2.26. The van der Waals surface area contributed by atoms with Crippen LogP contribution in [0.5, 0.6) is 0 Å². The van der Waals surface area contributed by atoms with Crippen LogP contribution >= 0.6 is 11.8 Å². The van der Waals surface area contributed by atoms with Crippen molar-refractivity contribution in [2.24, 2.45) is 0 Å². The van der Waals surface area contributed by atoms with Gasteiger partial charge in [0.05, 0.1) is 0 Å². The molecule has 1 unspecified atom stereocenters. The van der Waals surface area contributed by atoms with Crippen molar-refractivity contribution in [2.75, 3.05) is 18.9 Å². The number of thioether (sulfide) groups is 1. The maximum atomic E-state index is 8.73. The minimum absolute atomic E-state index is 0.304. The molecular weight excluding hydrogens is 218 g/mol. The van der Waals surface area contributed by atoms with Crippen LogP contribution in [0.15, 0.2) is 29.2 Å². The molecule has 0 aromatic heterocycles. The molecule has 0 amide bonds. The van der Waals surface area contributed by atoms with Crippen molar-refractivity contribution < 1.29 is 5.11 Å². The summed E-state index contributed by atoms with van der Waals surface area (Å²) in [6.45, 7) is 1.31. The fourth-order valence-corrected chi connectivity index (χ4v) is 3.19. The van der Waals surface area contributed by atoms with Gasteiger partial charge in [0.2, 0.25) is 0 Å².